The Kier molecular flexibility index (Phi) is 4.02. The van der Waals surface area contributed by atoms with Gasteiger partial charge in [-0.3, -0.25) is 0 Å². The van der Waals surface area contributed by atoms with E-state index < -0.39 is 0 Å². The van der Waals surface area contributed by atoms with Gasteiger partial charge in [0.15, 0.2) is 0 Å². The van der Waals surface area contributed by atoms with Crippen molar-refractivity contribution >= 4 is 0 Å². The monoisotopic (exact) mass is 172 g/mol. The molecule has 1 saturated heterocycles. The zero-order valence-corrected chi connectivity index (χ0v) is 8.64. The van der Waals surface area contributed by atoms with E-state index in [4.69, 9.17) is 0 Å². The van der Waals surface area contributed by atoms with Crippen LogP contribution in [0.4, 0.5) is 0 Å². The maximum Gasteiger partial charge on any atom is 0.00884 e. The van der Waals surface area contributed by atoms with Crippen LogP contribution in [0.3, 0.4) is 0 Å². The number of piperidine rings is 1. The van der Waals surface area contributed by atoms with Crippen molar-refractivity contribution in [3.8, 4) is 0 Å². The first-order chi connectivity index (χ1) is 5.72. The number of nitrogens with zero attached hydrogens (tertiary/aromatic N) is 1. The van der Waals surface area contributed by atoms with Gasteiger partial charge in [0.1, 0.15) is 0 Å². The molecule has 0 radical (unpaired) electrons. The van der Waals surface area contributed by atoms with Crippen molar-refractivity contribution in [1.82, 2.24) is 10.2 Å². The standard InChI is InChI=1S/C10H22N2.H2/c1-9(2)8-12-6-4-10(11-3)5-7-12;/h9-11H,4-8H2,1-3H3;1H. The molecule has 1 heterocycles. The van der Waals surface area contributed by atoms with Crippen LogP contribution in [-0.2, 0) is 0 Å². The van der Waals surface area contributed by atoms with Crippen molar-refractivity contribution in [1.29, 1.82) is 0 Å². The number of hydrogen-bond acceptors (Lipinski definition) is 2. The summed E-state index contributed by atoms with van der Waals surface area (Å²) in [4.78, 5) is 2.58. The van der Waals surface area contributed by atoms with E-state index in [0.29, 0.717) is 0 Å². The average Bonchev–Trinajstić information content (AvgIpc) is 2.05. The molecule has 1 N–H and O–H groups in total. The maximum atomic E-state index is 3.35. The third-order valence-electron chi connectivity index (χ3n) is 2.62. The summed E-state index contributed by atoms with van der Waals surface area (Å²) < 4.78 is 0. The largest absolute Gasteiger partial charge is 0.317 e. The molecule has 2 nitrogen and oxygen atoms in total. The molecule has 0 unspecified atom stereocenters. The van der Waals surface area contributed by atoms with E-state index in [0.717, 1.165) is 12.0 Å². The molecule has 12 heavy (non-hydrogen) atoms. The second-order valence-corrected chi connectivity index (χ2v) is 4.26. The van der Waals surface area contributed by atoms with Crippen molar-refractivity contribution in [3.63, 3.8) is 0 Å². The van der Waals surface area contributed by atoms with Crippen LogP contribution in [0.2, 0.25) is 0 Å². The first-order valence-corrected chi connectivity index (χ1v) is 5.12. The van der Waals surface area contributed by atoms with Crippen LogP contribution in [0.1, 0.15) is 28.1 Å². The van der Waals surface area contributed by atoms with E-state index in [1.165, 1.54) is 32.5 Å². The molecule has 0 aromatic heterocycles. The molecule has 1 aliphatic rings. The van der Waals surface area contributed by atoms with Crippen molar-refractivity contribution in [2.75, 3.05) is 26.7 Å². The lowest BCUT2D eigenvalue weighted by Gasteiger charge is -2.32. The second kappa shape index (κ2) is 4.83. The number of nitrogens with one attached hydrogen (secondary N) is 1. The van der Waals surface area contributed by atoms with E-state index in [1.807, 2.05) is 0 Å². The molecule has 0 aromatic carbocycles. The Bertz CT molecular complexity index is 120. The van der Waals surface area contributed by atoms with Gasteiger partial charge in [0.2, 0.25) is 0 Å². The lowest BCUT2D eigenvalue weighted by atomic mass is 10.0. The van der Waals surface area contributed by atoms with Gasteiger partial charge in [-0.05, 0) is 38.9 Å². The molecule has 1 aliphatic heterocycles. The molecule has 0 bridgehead atoms. The van der Waals surface area contributed by atoms with E-state index in [1.54, 1.807) is 0 Å². The van der Waals surface area contributed by atoms with E-state index >= 15 is 0 Å². The van der Waals surface area contributed by atoms with E-state index in [9.17, 15) is 0 Å². The van der Waals surface area contributed by atoms with Crippen LogP contribution in [-0.4, -0.2) is 37.6 Å². The summed E-state index contributed by atoms with van der Waals surface area (Å²) in [5.41, 5.74) is 0. The first-order valence-electron chi connectivity index (χ1n) is 5.12. The lowest BCUT2D eigenvalue weighted by molar-refractivity contribution is 0.183. The summed E-state index contributed by atoms with van der Waals surface area (Å²) in [6.45, 7) is 8.43. The minimum absolute atomic E-state index is 0. The quantitative estimate of drug-likeness (QED) is 0.695. The molecule has 2 heteroatoms. The third kappa shape index (κ3) is 3.11. The molecule has 0 spiro atoms. The molecule has 1 fully saturated rings. The fourth-order valence-corrected chi connectivity index (χ4v) is 1.92. The molecule has 0 amide bonds. The normalized spacial score (nSPS) is 22.0. The molecule has 74 valence electrons. The highest BCUT2D eigenvalue weighted by atomic mass is 15.1. The van der Waals surface area contributed by atoms with Crippen LogP contribution >= 0.6 is 0 Å². The smallest absolute Gasteiger partial charge is 0.00884 e. The predicted molar refractivity (Wildman–Crippen MR) is 55.5 cm³/mol. The summed E-state index contributed by atoms with van der Waals surface area (Å²) in [5, 5.41) is 3.35. The van der Waals surface area contributed by atoms with Gasteiger partial charge < -0.3 is 10.2 Å². The van der Waals surface area contributed by atoms with Gasteiger partial charge >= 0.3 is 0 Å². The van der Waals surface area contributed by atoms with Crippen LogP contribution in [0.15, 0.2) is 0 Å². The number of likely N-dealkylation sites (tertiary alicyclic amines) is 1. The molecular weight excluding hydrogens is 148 g/mol. The molecule has 0 aromatic rings. The van der Waals surface area contributed by atoms with Gasteiger partial charge in [-0.25, -0.2) is 0 Å². The summed E-state index contributed by atoms with van der Waals surface area (Å²) in [6.07, 6.45) is 2.65. The highest BCUT2D eigenvalue weighted by Gasteiger charge is 2.17. The Morgan fingerprint density at radius 2 is 2.00 bits per heavy atom. The number of hydrogen-bond donors (Lipinski definition) is 1. The summed E-state index contributed by atoms with van der Waals surface area (Å²) in [7, 11) is 2.07. The molecule has 0 atom stereocenters. The Morgan fingerprint density at radius 3 is 2.42 bits per heavy atom. The van der Waals surface area contributed by atoms with Crippen LogP contribution in [0, 0.1) is 5.92 Å². The maximum absolute atomic E-state index is 3.35. The highest BCUT2D eigenvalue weighted by molar-refractivity contribution is 4.76. The van der Waals surface area contributed by atoms with Gasteiger partial charge in [0, 0.05) is 14.0 Å². The van der Waals surface area contributed by atoms with Crippen molar-refractivity contribution in [3.05, 3.63) is 0 Å². The first kappa shape index (κ1) is 10.0. The Balaban J connectivity index is 0.00000144. The molecule has 0 aliphatic carbocycles. The Hall–Kier alpha value is -0.0800. The van der Waals surface area contributed by atoms with Gasteiger partial charge in [0.05, 0.1) is 0 Å². The van der Waals surface area contributed by atoms with Crippen LogP contribution in [0.25, 0.3) is 0 Å². The Labute approximate surface area is 77.8 Å². The second-order valence-electron chi connectivity index (χ2n) is 4.26. The van der Waals surface area contributed by atoms with Gasteiger partial charge in [-0.1, -0.05) is 13.8 Å². The minimum Gasteiger partial charge on any atom is -0.317 e. The molecule has 1 rings (SSSR count). The summed E-state index contributed by atoms with van der Waals surface area (Å²) in [6, 6.07) is 0.772. The third-order valence-corrected chi connectivity index (χ3v) is 2.62. The van der Waals surface area contributed by atoms with Crippen molar-refractivity contribution < 1.29 is 1.43 Å². The zero-order valence-electron chi connectivity index (χ0n) is 8.64. The number of rotatable bonds is 3. The lowest BCUT2D eigenvalue weighted by Crippen LogP contribution is -2.42. The van der Waals surface area contributed by atoms with E-state index in [2.05, 4.69) is 31.1 Å². The fourth-order valence-electron chi connectivity index (χ4n) is 1.92. The Morgan fingerprint density at radius 1 is 1.42 bits per heavy atom. The predicted octanol–water partition coefficient (Wildman–Crippen LogP) is 1.57. The van der Waals surface area contributed by atoms with Crippen LogP contribution < -0.4 is 5.32 Å². The van der Waals surface area contributed by atoms with Gasteiger partial charge in [0.25, 0.3) is 0 Å². The van der Waals surface area contributed by atoms with Crippen molar-refractivity contribution in [2.45, 2.75) is 32.7 Å². The topological polar surface area (TPSA) is 15.3 Å². The average molecular weight is 172 g/mol. The van der Waals surface area contributed by atoms with E-state index in [-0.39, 0.29) is 1.43 Å². The minimum atomic E-state index is 0. The van der Waals surface area contributed by atoms with Gasteiger partial charge in [-0.15, -0.1) is 0 Å². The van der Waals surface area contributed by atoms with Gasteiger partial charge in [-0.2, -0.15) is 0 Å². The zero-order chi connectivity index (χ0) is 8.97. The highest BCUT2D eigenvalue weighted by Crippen LogP contribution is 2.11. The summed E-state index contributed by atoms with van der Waals surface area (Å²) >= 11 is 0. The SMILES string of the molecule is CNC1CCN(CC(C)C)CC1.[HH]. The molecular formula is C10H24N2. The fraction of sp³-hybridized carbons (Fsp3) is 1.00. The van der Waals surface area contributed by atoms with Crippen LogP contribution in [0.5, 0.6) is 0 Å². The summed E-state index contributed by atoms with van der Waals surface area (Å²) in [5.74, 6) is 0.816. The van der Waals surface area contributed by atoms with Crippen molar-refractivity contribution in [2.24, 2.45) is 5.92 Å². The molecule has 0 saturated carbocycles.